The van der Waals surface area contributed by atoms with Crippen LogP contribution in [0.4, 0.5) is 11.4 Å². The van der Waals surface area contributed by atoms with Crippen molar-refractivity contribution in [3.05, 3.63) is 77.9 Å². The Hall–Kier alpha value is -3.52. The molecule has 7 nitrogen and oxygen atoms in total. The molecular weight excluding hydrogens is 416 g/mol. The summed E-state index contributed by atoms with van der Waals surface area (Å²) in [6.07, 6.45) is 0.548. The van der Waals surface area contributed by atoms with E-state index in [4.69, 9.17) is 9.47 Å². The molecule has 3 aromatic carbocycles. The van der Waals surface area contributed by atoms with Crippen LogP contribution in [0.25, 0.3) is 0 Å². The van der Waals surface area contributed by atoms with Gasteiger partial charge in [-0.25, -0.2) is 8.42 Å². The highest BCUT2D eigenvalue weighted by molar-refractivity contribution is 7.92. The van der Waals surface area contributed by atoms with Crippen molar-refractivity contribution >= 4 is 27.3 Å². The standard InChI is InChI=1S/C23H20N2O5S/c26-23(24-18-7-9-21-22(15-18)30-13-12-29-21)17-6-8-20-16(14-17)10-11-25(20)31(27,28)19-4-2-1-3-5-19/h1-9,14-15H,10-13H2,(H,24,26). The Bertz CT molecular complexity index is 1260. The predicted molar refractivity (Wildman–Crippen MR) is 117 cm³/mol. The largest absolute Gasteiger partial charge is 0.486 e. The van der Waals surface area contributed by atoms with Crippen LogP contribution < -0.4 is 19.1 Å². The fraction of sp³-hybridized carbons (Fsp3) is 0.174. The molecule has 0 saturated carbocycles. The number of rotatable bonds is 4. The maximum absolute atomic E-state index is 13.0. The van der Waals surface area contributed by atoms with Crippen LogP contribution in [0, 0.1) is 0 Å². The van der Waals surface area contributed by atoms with E-state index in [2.05, 4.69) is 5.32 Å². The molecule has 8 heteroatoms. The van der Waals surface area contributed by atoms with E-state index in [9.17, 15) is 13.2 Å². The number of ether oxygens (including phenoxy) is 2. The van der Waals surface area contributed by atoms with Crippen molar-refractivity contribution in [1.82, 2.24) is 0 Å². The molecule has 1 N–H and O–H groups in total. The van der Waals surface area contributed by atoms with Gasteiger partial charge >= 0.3 is 0 Å². The van der Waals surface area contributed by atoms with E-state index in [1.54, 1.807) is 66.7 Å². The number of nitrogens with zero attached hydrogens (tertiary/aromatic N) is 1. The summed E-state index contributed by atoms with van der Waals surface area (Å²) in [6, 6.07) is 18.7. The van der Waals surface area contributed by atoms with Crippen molar-refractivity contribution in [2.45, 2.75) is 11.3 Å². The molecule has 1 amide bonds. The number of fused-ring (bicyclic) bond motifs is 2. The fourth-order valence-electron chi connectivity index (χ4n) is 3.81. The van der Waals surface area contributed by atoms with Crippen LogP contribution in [0.1, 0.15) is 15.9 Å². The van der Waals surface area contributed by atoms with Crippen molar-refractivity contribution in [2.24, 2.45) is 0 Å². The van der Waals surface area contributed by atoms with Gasteiger partial charge in [-0.1, -0.05) is 18.2 Å². The summed E-state index contributed by atoms with van der Waals surface area (Å²) in [4.78, 5) is 13.0. The first-order valence-corrected chi connectivity index (χ1v) is 11.4. The molecule has 0 saturated heterocycles. The van der Waals surface area contributed by atoms with E-state index >= 15 is 0 Å². The molecule has 2 heterocycles. The first-order chi connectivity index (χ1) is 15.0. The Morgan fingerprint density at radius 2 is 1.68 bits per heavy atom. The Kier molecular flexibility index (Phi) is 4.78. The molecule has 0 bridgehead atoms. The van der Waals surface area contributed by atoms with Gasteiger partial charge < -0.3 is 14.8 Å². The zero-order valence-corrected chi connectivity index (χ0v) is 17.4. The number of hydrogen-bond donors (Lipinski definition) is 1. The molecule has 0 aromatic heterocycles. The number of hydrogen-bond acceptors (Lipinski definition) is 5. The molecule has 5 rings (SSSR count). The van der Waals surface area contributed by atoms with E-state index in [1.807, 2.05) is 0 Å². The summed E-state index contributed by atoms with van der Waals surface area (Å²) in [5, 5.41) is 2.86. The summed E-state index contributed by atoms with van der Waals surface area (Å²) < 4.78 is 38.5. The van der Waals surface area contributed by atoms with Crippen molar-refractivity contribution in [3.8, 4) is 11.5 Å². The third-order valence-corrected chi connectivity index (χ3v) is 7.15. The average Bonchev–Trinajstić information content (AvgIpc) is 3.24. The lowest BCUT2D eigenvalue weighted by molar-refractivity contribution is 0.102. The van der Waals surface area contributed by atoms with Crippen molar-refractivity contribution in [3.63, 3.8) is 0 Å². The molecule has 0 spiro atoms. The van der Waals surface area contributed by atoms with Gasteiger partial charge in [0.05, 0.1) is 10.6 Å². The maximum Gasteiger partial charge on any atom is 0.264 e. The van der Waals surface area contributed by atoms with E-state index in [1.165, 1.54) is 4.31 Å². The lowest BCUT2D eigenvalue weighted by atomic mass is 10.1. The lowest BCUT2D eigenvalue weighted by Crippen LogP contribution is -2.29. The molecule has 0 radical (unpaired) electrons. The van der Waals surface area contributed by atoms with Crippen LogP contribution in [0.2, 0.25) is 0 Å². The number of carbonyl (C=O) groups excluding carboxylic acids is 1. The molecule has 2 aliphatic heterocycles. The second-order valence-corrected chi connectivity index (χ2v) is 9.16. The molecule has 158 valence electrons. The second kappa shape index (κ2) is 7.63. The van der Waals surface area contributed by atoms with Gasteiger partial charge in [0.15, 0.2) is 11.5 Å². The molecule has 0 atom stereocenters. The Morgan fingerprint density at radius 1 is 0.903 bits per heavy atom. The van der Waals surface area contributed by atoms with Gasteiger partial charge in [0.2, 0.25) is 0 Å². The quantitative estimate of drug-likeness (QED) is 0.677. The van der Waals surface area contributed by atoms with Gasteiger partial charge in [0, 0.05) is 23.9 Å². The van der Waals surface area contributed by atoms with Gasteiger partial charge in [-0.3, -0.25) is 9.10 Å². The second-order valence-electron chi connectivity index (χ2n) is 7.30. The maximum atomic E-state index is 13.0. The SMILES string of the molecule is O=C(Nc1ccc2c(c1)OCCO2)c1ccc2c(c1)CCN2S(=O)(=O)c1ccccc1. The predicted octanol–water partition coefficient (Wildman–Crippen LogP) is 3.46. The van der Waals surface area contributed by atoms with Gasteiger partial charge in [-0.15, -0.1) is 0 Å². The third kappa shape index (κ3) is 3.59. The summed E-state index contributed by atoms with van der Waals surface area (Å²) in [5.74, 6) is 0.977. The van der Waals surface area contributed by atoms with Crippen LogP contribution in [-0.2, 0) is 16.4 Å². The highest BCUT2D eigenvalue weighted by Gasteiger charge is 2.31. The summed E-state index contributed by atoms with van der Waals surface area (Å²) >= 11 is 0. The smallest absolute Gasteiger partial charge is 0.264 e. The van der Waals surface area contributed by atoms with Gasteiger partial charge in [-0.2, -0.15) is 0 Å². The molecule has 0 unspecified atom stereocenters. The first kappa shape index (κ1) is 19.4. The normalized spacial score (nSPS) is 14.8. The summed E-state index contributed by atoms with van der Waals surface area (Å²) in [6.45, 7) is 1.32. The van der Waals surface area contributed by atoms with E-state index < -0.39 is 10.0 Å². The van der Waals surface area contributed by atoms with Crippen LogP contribution in [-0.4, -0.2) is 34.1 Å². The monoisotopic (exact) mass is 436 g/mol. The zero-order valence-electron chi connectivity index (χ0n) is 16.6. The van der Waals surface area contributed by atoms with Gasteiger partial charge in [0.25, 0.3) is 15.9 Å². The number of carbonyl (C=O) groups is 1. The highest BCUT2D eigenvalue weighted by atomic mass is 32.2. The highest BCUT2D eigenvalue weighted by Crippen LogP contribution is 2.35. The van der Waals surface area contributed by atoms with Crippen LogP contribution >= 0.6 is 0 Å². The van der Waals surface area contributed by atoms with Crippen molar-refractivity contribution in [1.29, 1.82) is 0 Å². The van der Waals surface area contributed by atoms with Crippen LogP contribution in [0.3, 0.4) is 0 Å². The van der Waals surface area contributed by atoms with Crippen LogP contribution in [0.15, 0.2) is 71.6 Å². The van der Waals surface area contributed by atoms with E-state index in [-0.39, 0.29) is 10.8 Å². The number of nitrogens with one attached hydrogen (secondary N) is 1. The summed E-state index contributed by atoms with van der Waals surface area (Å²) in [5.41, 5.74) is 2.50. The Labute approximate surface area is 180 Å². The minimum absolute atomic E-state index is 0.253. The number of sulfonamides is 1. The molecular formula is C23H20N2O5S. The van der Waals surface area contributed by atoms with E-state index in [0.717, 1.165) is 5.56 Å². The first-order valence-electron chi connectivity index (χ1n) is 9.94. The zero-order chi connectivity index (χ0) is 21.4. The minimum Gasteiger partial charge on any atom is -0.486 e. The molecule has 0 aliphatic carbocycles. The third-order valence-electron chi connectivity index (χ3n) is 5.33. The molecule has 2 aliphatic rings. The average molecular weight is 436 g/mol. The fourth-order valence-corrected chi connectivity index (χ4v) is 5.33. The van der Waals surface area contributed by atoms with Gasteiger partial charge in [-0.05, 0) is 54.4 Å². The minimum atomic E-state index is -3.64. The summed E-state index contributed by atoms with van der Waals surface area (Å²) in [7, 11) is -3.64. The van der Waals surface area contributed by atoms with Crippen molar-refractivity contribution in [2.75, 3.05) is 29.4 Å². The molecule has 31 heavy (non-hydrogen) atoms. The van der Waals surface area contributed by atoms with Gasteiger partial charge in [0.1, 0.15) is 13.2 Å². The Morgan fingerprint density at radius 3 is 2.48 bits per heavy atom. The topological polar surface area (TPSA) is 84.9 Å². The molecule has 0 fully saturated rings. The number of anilines is 2. The molecule has 3 aromatic rings. The lowest BCUT2D eigenvalue weighted by Gasteiger charge is -2.20. The number of benzene rings is 3. The van der Waals surface area contributed by atoms with Crippen LogP contribution in [0.5, 0.6) is 11.5 Å². The van der Waals surface area contributed by atoms with Crippen molar-refractivity contribution < 1.29 is 22.7 Å². The Balaban J connectivity index is 1.37. The van der Waals surface area contributed by atoms with E-state index in [0.29, 0.717) is 54.6 Å². The number of amides is 1.